The highest BCUT2D eigenvalue weighted by molar-refractivity contribution is 7.91. The number of amides is 2. The van der Waals surface area contributed by atoms with Gasteiger partial charge in [0.15, 0.2) is 20.9 Å². The molecule has 1 saturated heterocycles. The first kappa shape index (κ1) is 22.7. The molecule has 0 spiro atoms. The lowest BCUT2D eigenvalue weighted by Crippen LogP contribution is -2.43. The average molecular weight is 465 g/mol. The van der Waals surface area contributed by atoms with Crippen LogP contribution >= 0.6 is 11.3 Å². The van der Waals surface area contributed by atoms with E-state index in [9.17, 15) is 18.0 Å². The lowest BCUT2D eigenvalue weighted by atomic mass is 10.1. The molecular formula is C19H24N6O4S2. The first-order valence-electron chi connectivity index (χ1n) is 9.58. The fraction of sp³-hybridized carbons (Fsp3) is 0.368. The molecule has 2 aromatic rings. The summed E-state index contributed by atoms with van der Waals surface area (Å²) in [5.41, 5.74) is 13.0. The molecule has 0 unspecified atom stereocenters. The van der Waals surface area contributed by atoms with Gasteiger partial charge in [0.1, 0.15) is 4.88 Å². The maximum Gasteiger partial charge on any atom is 0.265 e. The summed E-state index contributed by atoms with van der Waals surface area (Å²) in [6, 6.07) is 7.36. The van der Waals surface area contributed by atoms with Crippen molar-refractivity contribution in [2.75, 3.05) is 29.9 Å². The van der Waals surface area contributed by atoms with Gasteiger partial charge >= 0.3 is 0 Å². The summed E-state index contributed by atoms with van der Waals surface area (Å²) in [6.07, 6.45) is 1.09. The van der Waals surface area contributed by atoms with Gasteiger partial charge in [0.2, 0.25) is 5.91 Å². The van der Waals surface area contributed by atoms with Crippen LogP contribution in [0, 0.1) is 0 Å². The van der Waals surface area contributed by atoms with Crippen LogP contribution in [0.5, 0.6) is 0 Å². The van der Waals surface area contributed by atoms with Gasteiger partial charge in [0.25, 0.3) is 5.91 Å². The summed E-state index contributed by atoms with van der Waals surface area (Å²) in [6.45, 7) is 1.68. The number of thiazole rings is 1. The number of aromatic nitrogens is 1. The van der Waals surface area contributed by atoms with Crippen molar-refractivity contribution in [1.29, 1.82) is 0 Å². The van der Waals surface area contributed by atoms with Crippen molar-refractivity contribution < 1.29 is 18.0 Å². The minimum atomic E-state index is -3.10. The number of nitrogens with one attached hydrogen (secondary N) is 1. The Morgan fingerprint density at radius 3 is 2.39 bits per heavy atom. The summed E-state index contributed by atoms with van der Waals surface area (Å²) >= 11 is 1.10. The average Bonchev–Trinajstić information content (AvgIpc) is 3.08. The van der Waals surface area contributed by atoms with Crippen molar-refractivity contribution in [2.24, 2.45) is 16.5 Å². The second-order valence-corrected chi connectivity index (χ2v) is 10.4. The Balaban J connectivity index is 1.77. The third kappa shape index (κ3) is 6.25. The number of nitrogens with two attached hydrogens (primary N) is 2. The van der Waals surface area contributed by atoms with Gasteiger partial charge in [-0.05, 0) is 30.5 Å². The van der Waals surface area contributed by atoms with Gasteiger partial charge in [-0.2, -0.15) is 0 Å². The van der Waals surface area contributed by atoms with Gasteiger partial charge in [-0.3, -0.25) is 9.59 Å². The quantitative estimate of drug-likeness (QED) is 0.418. The Hall–Kier alpha value is -2.99. The number of carbonyl (C=O) groups is 2. The second-order valence-electron chi connectivity index (χ2n) is 7.12. The molecule has 10 nitrogen and oxygen atoms in total. The molecule has 1 fully saturated rings. The first-order chi connectivity index (χ1) is 14.6. The molecule has 1 aromatic carbocycles. The molecule has 0 atom stereocenters. The molecule has 2 heterocycles. The molecule has 1 aromatic heterocycles. The molecule has 166 valence electrons. The number of hydrogen-bond donors (Lipinski definition) is 3. The molecule has 12 heteroatoms. The largest absolute Gasteiger partial charge is 0.370 e. The Morgan fingerprint density at radius 1 is 1.16 bits per heavy atom. The molecule has 2 amide bonds. The lowest BCUT2D eigenvalue weighted by Gasteiger charge is -2.26. The number of anilines is 1. The van der Waals surface area contributed by atoms with Gasteiger partial charge in [-0.15, -0.1) is 0 Å². The van der Waals surface area contributed by atoms with E-state index in [1.165, 1.54) is 11.8 Å². The Morgan fingerprint density at radius 2 is 1.81 bits per heavy atom. The van der Waals surface area contributed by atoms with Gasteiger partial charge in [0.05, 0.1) is 22.9 Å². The summed E-state index contributed by atoms with van der Waals surface area (Å²) in [7, 11) is -3.10. The highest BCUT2D eigenvalue weighted by Gasteiger charge is 2.29. The van der Waals surface area contributed by atoms with E-state index >= 15 is 0 Å². The van der Waals surface area contributed by atoms with Crippen LogP contribution in [0.2, 0.25) is 0 Å². The zero-order chi connectivity index (χ0) is 22.6. The number of benzene rings is 1. The van der Waals surface area contributed by atoms with Crippen LogP contribution in [0.1, 0.15) is 27.9 Å². The molecule has 0 radical (unpaired) electrons. The van der Waals surface area contributed by atoms with Crippen LogP contribution in [-0.2, 0) is 27.5 Å². The van der Waals surface area contributed by atoms with Crippen LogP contribution in [0.4, 0.5) is 10.8 Å². The third-order valence-electron chi connectivity index (χ3n) is 4.65. The van der Waals surface area contributed by atoms with E-state index in [2.05, 4.69) is 15.3 Å². The Bertz CT molecular complexity index is 1090. The number of nitrogens with zero attached hydrogens (tertiary/aromatic N) is 3. The van der Waals surface area contributed by atoms with E-state index in [0.717, 1.165) is 16.9 Å². The molecule has 3 rings (SSSR count). The summed E-state index contributed by atoms with van der Waals surface area (Å²) in [5, 5.41) is 2.97. The van der Waals surface area contributed by atoms with Crippen molar-refractivity contribution in [2.45, 2.75) is 19.8 Å². The van der Waals surface area contributed by atoms with E-state index in [4.69, 9.17) is 11.5 Å². The first-order valence-corrected chi connectivity index (χ1v) is 12.2. The summed E-state index contributed by atoms with van der Waals surface area (Å²) in [4.78, 5) is 34.8. The fourth-order valence-electron chi connectivity index (χ4n) is 3.10. The monoisotopic (exact) mass is 464 g/mol. The number of aliphatic imine (C=N–C) groups is 1. The summed E-state index contributed by atoms with van der Waals surface area (Å²) in [5.74, 6) is -0.656. The van der Waals surface area contributed by atoms with E-state index in [0.29, 0.717) is 34.2 Å². The zero-order valence-corrected chi connectivity index (χ0v) is 18.6. The van der Waals surface area contributed by atoms with Gasteiger partial charge in [-0.25, -0.2) is 18.4 Å². The topological polar surface area (TPSA) is 161 Å². The molecule has 1 aliphatic rings. The second kappa shape index (κ2) is 9.43. The lowest BCUT2D eigenvalue weighted by molar-refractivity contribution is -0.114. The summed E-state index contributed by atoms with van der Waals surface area (Å²) < 4.78 is 23.3. The normalized spacial score (nSPS) is 15.3. The third-order valence-corrected chi connectivity index (χ3v) is 7.26. The van der Waals surface area contributed by atoms with Crippen LogP contribution in [0.3, 0.4) is 0 Å². The number of carbonyl (C=O) groups excluding carboxylic acids is 2. The van der Waals surface area contributed by atoms with Crippen LogP contribution in [0.15, 0.2) is 29.3 Å². The van der Waals surface area contributed by atoms with Crippen molar-refractivity contribution >= 4 is 49.8 Å². The molecule has 31 heavy (non-hydrogen) atoms. The van der Waals surface area contributed by atoms with Crippen LogP contribution in [0.25, 0.3) is 0 Å². The van der Waals surface area contributed by atoms with E-state index in [-0.39, 0.29) is 42.4 Å². The Labute approximate surface area is 184 Å². The molecule has 5 N–H and O–H groups in total. The maximum atomic E-state index is 13.0. The van der Waals surface area contributed by atoms with Crippen molar-refractivity contribution in [3.63, 3.8) is 0 Å². The van der Waals surface area contributed by atoms with E-state index in [1.807, 2.05) is 12.1 Å². The van der Waals surface area contributed by atoms with Crippen molar-refractivity contribution in [1.82, 2.24) is 9.88 Å². The zero-order valence-electron chi connectivity index (χ0n) is 17.0. The van der Waals surface area contributed by atoms with E-state index in [1.54, 1.807) is 12.1 Å². The predicted octanol–water partition coefficient (Wildman–Crippen LogP) is 0.662. The van der Waals surface area contributed by atoms with Crippen molar-refractivity contribution in [3.8, 4) is 0 Å². The number of rotatable bonds is 6. The van der Waals surface area contributed by atoms with Gasteiger partial charge in [0, 0.05) is 20.0 Å². The molecule has 0 aliphatic carbocycles. The molecule has 0 saturated carbocycles. The standard InChI is InChI=1S/C19H24N6O4S2/c1-12(26)22-19-24-15(7-4-13-2-5-14(6-3-13)23-18(20)21)16(30-19)17(27)25-8-10-31(28,29)11-9-25/h2-3,5-6H,4,7-11H2,1H3,(H4,20,21,23)(H,22,24,26). The number of hydrogen-bond acceptors (Lipinski definition) is 7. The molecule has 0 bridgehead atoms. The van der Waals surface area contributed by atoms with Gasteiger partial charge < -0.3 is 21.7 Å². The molecular weight excluding hydrogens is 440 g/mol. The van der Waals surface area contributed by atoms with Gasteiger partial charge in [-0.1, -0.05) is 23.5 Å². The van der Waals surface area contributed by atoms with E-state index < -0.39 is 9.84 Å². The minimum Gasteiger partial charge on any atom is -0.370 e. The fourth-order valence-corrected chi connectivity index (χ4v) is 5.33. The number of sulfone groups is 1. The maximum absolute atomic E-state index is 13.0. The van der Waals surface area contributed by atoms with Crippen LogP contribution < -0.4 is 16.8 Å². The number of aryl methyl sites for hydroxylation is 2. The minimum absolute atomic E-state index is 0.0191. The van der Waals surface area contributed by atoms with Crippen LogP contribution in [-0.4, -0.2) is 60.7 Å². The van der Waals surface area contributed by atoms with Crippen molar-refractivity contribution in [3.05, 3.63) is 40.4 Å². The Kier molecular flexibility index (Phi) is 6.91. The molecule has 1 aliphatic heterocycles. The number of guanidine groups is 1. The highest BCUT2D eigenvalue weighted by Crippen LogP contribution is 2.27. The highest BCUT2D eigenvalue weighted by atomic mass is 32.2. The smallest absolute Gasteiger partial charge is 0.265 e. The SMILES string of the molecule is CC(=O)Nc1nc(CCc2ccc(N=C(N)N)cc2)c(C(=O)N2CCS(=O)(=O)CC2)s1. The predicted molar refractivity (Wildman–Crippen MR) is 120 cm³/mol.